The maximum Gasteiger partial charge on any atom is 0.221 e. The van der Waals surface area contributed by atoms with Gasteiger partial charge in [-0.3, -0.25) is 9.69 Å². The van der Waals surface area contributed by atoms with E-state index in [1.54, 1.807) is 0 Å². The minimum absolute atomic E-state index is 0.142. The molecule has 2 aliphatic rings. The Labute approximate surface area is 173 Å². The van der Waals surface area contributed by atoms with Gasteiger partial charge in [0.1, 0.15) is 0 Å². The summed E-state index contributed by atoms with van der Waals surface area (Å²) in [4.78, 5) is 14.8. The first kappa shape index (κ1) is 20.1. The van der Waals surface area contributed by atoms with Crippen LogP contribution in [0.3, 0.4) is 0 Å². The van der Waals surface area contributed by atoms with Crippen LogP contribution in [-0.2, 0) is 16.1 Å². The first-order valence-electron chi connectivity index (χ1n) is 10.7. The van der Waals surface area contributed by atoms with Crippen LogP contribution in [-0.4, -0.2) is 55.7 Å². The number of nitrogens with one attached hydrogen (secondary N) is 2. The van der Waals surface area contributed by atoms with Gasteiger partial charge in [0, 0.05) is 44.7 Å². The van der Waals surface area contributed by atoms with Gasteiger partial charge in [0.15, 0.2) is 0 Å². The van der Waals surface area contributed by atoms with E-state index in [0.29, 0.717) is 19.1 Å². The average Bonchev–Trinajstić information content (AvgIpc) is 2.77. The molecule has 154 valence electrons. The highest BCUT2D eigenvalue weighted by atomic mass is 16.5. The van der Waals surface area contributed by atoms with Crippen LogP contribution < -0.4 is 10.6 Å². The van der Waals surface area contributed by atoms with Crippen molar-refractivity contribution in [3.63, 3.8) is 0 Å². The number of carbonyl (C=O) groups excluding carboxylic acids is 1. The first-order valence-corrected chi connectivity index (χ1v) is 10.7. The lowest BCUT2D eigenvalue weighted by molar-refractivity contribution is -0.123. The summed E-state index contributed by atoms with van der Waals surface area (Å²) in [5.41, 5.74) is 3.86. The molecule has 2 saturated heterocycles. The molecule has 2 aromatic carbocycles. The topological polar surface area (TPSA) is 53.6 Å². The van der Waals surface area contributed by atoms with E-state index in [-0.39, 0.29) is 11.9 Å². The molecule has 4 rings (SSSR count). The summed E-state index contributed by atoms with van der Waals surface area (Å²) in [6, 6.07) is 19.8. The van der Waals surface area contributed by atoms with E-state index in [9.17, 15) is 4.79 Å². The highest BCUT2D eigenvalue weighted by Crippen LogP contribution is 2.21. The SMILES string of the molecule is O=C(C[C@H]1COCCN1)NC1CCN(Cc2ccc(-c3ccccc3)cc2)CC1. The number of morpholine rings is 1. The Morgan fingerprint density at radius 2 is 1.76 bits per heavy atom. The van der Waals surface area contributed by atoms with E-state index in [4.69, 9.17) is 4.74 Å². The Kier molecular flexibility index (Phi) is 6.93. The molecule has 0 unspecified atom stereocenters. The third kappa shape index (κ3) is 5.89. The summed E-state index contributed by atoms with van der Waals surface area (Å²) < 4.78 is 5.43. The molecule has 1 amide bonds. The van der Waals surface area contributed by atoms with Gasteiger partial charge in [-0.2, -0.15) is 0 Å². The number of hydrogen-bond donors (Lipinski definition) is 2. The number of piperidine rings is 1. The number of rotatable bonds is 6. The van der Waals surface area contributed by atoms with Crippen molar-refractivity contribution in [2.75, 3.05) is 32.8 Å². The van der Waals surface area contributed by atoms with E-state index >= 15 is 0 Å². The molecule has 0 radical (unpaired) electrons. The van der Waals surface area contributed by atoms with Gasteiger partial charge in [-0.15, -0.1) is 0 Å². The number of amides is 1. The van der Waals surface area contributed by atoms with Gasteiger partial charge in [0.05, 0.1) is 13.2 Å². The van der Waals surface area contributed by atoms with Gasteiger partial charge in [-0.25, -0.2) is 0 Å². The van der Waals surface area contributed by atoms with Crippen molar-refractivity contribution in [1.82, 2.24) is 15.5 Å². The number of likely N-dealkylation sites (tertiary alicyclic amines) is 1. The molecule has 2 heterocycles. The van der Waals surface area contributed by atoms with Crippen LogP contribution >= 0.6 is 0 Å². The summed E-state index contributed by atoms with van der Waals surface area (Å²) in [7, 11) is 0. The monoisotopic (exact) mass is 393 g/mol. The molecule has 5 nitrogen and oxygen atoms in total. The van der Waals surface area contributed by atoms with Gasteiger partial charge < -0.3 is 15.4 Å². The minimum atomic E-state index is 0.142. The van der Waals surface area contributed by atoms with Crippen molar-refractivity contribution >= 4 is 5.91 Å². The van der Waals surface area contributed by atoms with E-state index in [1.807, 2.05) is 6.07 Å². The molecule has 2 aromatic rings. The zero-order valence-electron chi connectivity index (χ0n) is 17.0. The second-order valence-corrected chi connectivity index (χ2v) is 8.11. The van der Waals surface area contributed by atoms with E-state index in [1.165, 1.54) is 16.7 Å². The summed E-state index contributed by atoms with van der Waals surface area (Å²) >= 11 is 0. The Balaban J connectivity index is 1.20. The zero-order chi connectivity index (χ0) is 19.9. The molecule has 0 aromatic heterocycles. The Morgan fingerprint density at radius 3 is 2.45 bits per heavy atom. The van der Waals surface area contributed by atoms with Crippen molar-refractivity contribution in [3.8, 4) is 11.1 Å². The molecule has 0 spiro atoms. The van der Waals surface area contributed by atoms with Gasteiger partial charge in [-0.05, 0) is 29.5 Å². The Morgan fingerprint density at radius 1 is 1.03 bits per heavy atom. The van der Waals surface area contributed by atoms with Crippen molar-refractivity contribution in [2.45, 2.75) is 37.9 Å². The maximum absolute atomic E-state index is 12.3. The lowest BCUT2D eigenvalue weighted by Gasteiger charge is -2.33. The van der Waals surface area contributed by atoms with Gasteiger partial charge >= 0.3 is 0 Å². The largest absolute Gasteiger partial charge is 0.378 e. The fraction of sp³-hybridized carbons (Fsp3) is 0.458. The number of hydrogen-bond acceptors (Lipinski definition) is 4. The van der Waals surface area contributed by atoms with Crippen molar-refractivity contribution in [1.29, 1.82) is 0 Å². The molecule has 2 aliphatic heterocycles. The van der Waals surface area contributed by atoms with Gasteiger partial charge in [0.2, 0.25) is 5.91 Å². The molecule has 0 bridgehead atoms. The highest BCUT2D eigenvalue weighted by molar-refractivity contribution is 5.77. The molecule has 1 atom stereocenters. The van der Waals surface area contributed by atoms with Crippen LogP contribution in [0.4, 0.5) is 0 Å². The Hall–Kier alpha value is -2.21. The average molecular weight is 394 g/mol. The third-order valence-electron chi connectivity index (χ3n) is 5.85. The predicted molar refractivity (Wildman–Crippen MR) is 116 cm³/mol. The summed E-state index contributed by atoms with van der Waals surface area (Å²) in [6.45, 7) is 5.23. The Bertz CT molecular complexity index is 764. The van der Waals surface area contributed by atoms with Crippen molar-refractivity contribution < 1.29 is 9.53 Å². The molecular weight excluding hydrogens is 362 g/mol. The predicted octanol–water partition coefficient (Wildman–Crippen LogP) is 2.81. The molecule has 2 fully saturated rings. The second-order valence-electron chi connectivity index (χ2n) is 8.11. The van der Waals surface area contributed by atoms with Gasteiger partial charge in [-0.1, -0.05) is 54.6 Å². The van der Waals surface area contributed by atoms with Gasteiger partial charge in [0.25, 0.3) is 0 Å². The smallest absolute Gasteiger partial charge is 0.221 e. The molecule has 0 saturated carbocycles. The number of nitrogens with zero attached hydrogens (tertiary/aromatic N) is 1. The molecular formula is C24H31N3O2. The third-order valence-corrected chi connectivity index (χ3v) is 5.85. The number of carbonyl (C=O) groups is 1. The summed E-state index contributed by atoms with van der Waals surface area (Å²) in [5.74, 6) is 0.142. The van der Waals surface area contributed by atoms with Crippen LogP contribution in [0.15, 0.2) is 54.6 Å². The normalized spacial score (nSPS) is 21.0. The van der Waals surface area contributed by atoms with E-state index in [0.717, 1.165) is 45.6 Å². The highest BCUT2D eigenvalue weighted by Gasteiger charge is 2.23. The van der Waals surface area contributed by atoms with Crippen LogP contribution in [0.2, 0.25) is 0 Å². The first-order chi connectivity index (χ1) is 14.3. The van der Waals surface area contributed by atoms with E-state index < -0.39 is 0 Å². The zero-order valence-corrected chi connectivity index (χ0v) is 17.0. The lowest BCUT2D eigenvalue weighted by atomic mass is 10.0. The fourth-order valence-corrected chi connectivity index (χ4v) is 4.19. The van der Waals surface area contributed by atoms with Crippen molar-refractivity contribution in [3.05, 3.63) is 60.2 Å². The number of ether oxygens (including phenoxy) is 1. The van der Waals surface area contributed by atoms with E-state index in [2.05, 4.69) is 64.1 Å². The summed E-state index contributed by atoms with van der Waals surface area (Å²) in [6.07, 6.45) is 2.54. The molecule has 0 aliphatic carbocycles. The lowest BCUT2D eigenvalue weighted by Crippen LogP contribution is -2.48. The minimum Gasteiger partial charge on any atom is -0.378 e. The summed E-state index contributed by atoms with van der Waals surface area (Å²) in [5, 5.41) is 6.56. The van der Waals surface area contributed by atoms with Crippen molar-refractivity contribution in [2.24, 2.45) is 0 Å². The molecule has 5 heteroatoms. The standard InChI is InChI=1S/C24H31N3O2/c28-24(16-23-18-29-15-12-25-23)26-22-10-13-27(14-11-22)17-19-6-8-21(9-7-19)20-4-2-1-3-5-20/h1-9,22-23,25H,10-18H2,(H,26,28)/t23-/m0/s1. The molecule has 2 N–H and O–H groups in total. The van der Waals surface area contributed by atoms with Crippen LogP contribution in [0.1, 0.15) is 24.8 Å². The van der Waals surface area contributed by atoms with Crippen LogP contribution in [0.5, 0.6) is 0 Å². The molecule has 29 heavy (non-hydrogen) atoms. The fourth-order valence-electron chi connectivity index (χ4n) is 4.19. The quantitative estimate of drug-likeness (QED) is 0.793. The van der Waals surface area contributed by atoms with Crippen LogP contribution in [0, 0.1) is 0 Å². The number of benzene rings is 2. The maximum atomic E-state index is 12.3. The van der Waals surface area contributed by atoms with Crippen LogP contribution in [0.25, 0.3) is 11.1 Å². The second kappa shape index (κ2) is 10.0.